The minimum atomic E-state index is -1.03. The van der Waals surface area contributed by atoms with E-state index in [9.17, 15) is 9.59 Å². The molecule has 88 valence electrons. The highest BCUT2D eigenvalue weighted by Crippen LogP contribution is 2.22. The molecular weight excluding hydrogens is 238 g/mol. The second-order valence-electron chi connectivity index (χ2n) is 2.73. The number of amides is 1. The molecule has 6 N–H and O–H groups in total. The summed E-state index contributed by atoms with van der Waals surface area (Å²) in [5.74, 6) is -0.540. The second kappa shape index (κ2) is 7.80. The first-order valence-electron chi connectivity index (χ1n) is 4.19. The maximum atomic E-state index is 11.0. The van der Waals surface area contributed by atoms with Gasteiger partial charge in [0.05, 0.1) is 6.04 Å². The molecule has 0 saturated carbocycles. The van der Waals surface area contributed by atoms with Crippen LogP contribution in [-0.4, -0.2) is 47.6 Å². The molecule has 0 rings (SSSR count). The largest absolute Gasteiger partial charge is 0.480 e. The Kier molecular flexibility index (Phi) is 7.57. The van der Waals surface area contributed by atoms with Crippen LogP contribution in [0, 0.1) is 0 Å². The van der Waals surface area contributed by atoms with Gasteiger partial charge >= 0.3 is 5.97 Å². The van der Waals surface area contributed by atoms with Crippen molar-refractivity contribution in [3.63, 3.8) is 0 Å². The molecule has 0 aromatic carbocycles. The predicted molar refractivity (Wildman–Crippen MR) is 62.6 cm³/mol. The molecule has 0 unspecified atom stereocenters. The summed E-state index contributed by atoms with van der Waals surface area (Å²) in [5.41, 5.74) is 10.8. The number of carbonyl (C=O) groups excluding carboxylic acids is 1. The van der Waals surface area contributed by atoms with Crippen LogP contribution in [0.4, 0.5) is 0 Å². The van der Waals surface area contributed by atoms with E-state index in [0.29, 0.717) is 11.5 Å². The summed E-state index contributed by atoms with van der Waals surface area (Å²) in [4.78, 5) is 21.3. The molecule has 8 heteroatoms. The van der Waals surface area contributed by atoms with Crippen LogP contribution in [-0.2, 0) is 9.59 Å². The lowest BCUT2D eigenvalue weighted by Crippen LogP contribution is -2.40. The number of likely N-dealkylation sites (N-methyl/N-ethyl adjacent to an activating group) is 1. The van der Waals surface area contributed by atoms with Gasteiger partial charge in [0.2, 0.25) is 5.91 Å². The topological polar surface area (TPSA) is 118 Å². The molecule has 2 atom stereocenters. The molecule has 0 fully saturated rings. The van der Waals surface area contributed by atoms with Gasteiger partial charge < -0.3 is 21.9 Å². The molecule has 0 aromatic heterocycles. The van der Waals surface area contributed by atoms with Gasteiger partial charge in [-0.25, -0.2) is 0 Å². The van der Waals surface area contributed by atoms with E-state index in [1.807, 2.05) is 0 Å². The number of nitrogens with one attached hydrogen (secondary N) is 1. The number of carboxylic acids is 1. The summed E-state index contributed by atoms with van der Waals surface area (Å²) >= 11 is 0. The molecular formula is C7H15N3O3S2. The van der Waals surface area contributed by atoms with Crippen molar-refractivity contribution in [2.75, 3.05) is 18.6 Å². The van der Waals surface area contributed by atoms with Crippen LogP contribution in [0.25, 0.3) is 0 Å². The number of hydrogen-bond acceptors (Lipinski definition) is 6. The van der Waals surface area contributed by atoms with Crippen molar-refractivity contribution in [3.05, 3.63) is 0 Å². The van der Waals surface area contributed by atoms with Crippen molar-refractivity contribution < 1.29 is 14.7 Å². The van der Waals surface area contributed by atoms with Crippen molar-refractivity contribution in [1.82, 2.24) is 5.32 Å². The quantitative estimate of drug-likeness (QED) is 0.334. The zero-order valence-electron chi connectivity index (χ0n) is 8.30. The highest BCUT2D eigenvalue weighted by molar-refractivity contribution is 8.76. The molecule has 0 aliphatic rings. The van der Waals surface area contributed by atoms with E-state index >= 15 is 0 Å². The van der Waals surface area contributed by atoms with Gasteiger partial charge in [-0.1, -0.05) is 21.6 Å². The molecule has 0 saturated heterocycles. The third-order valence-electron chi connectivity index (χ3n) is 1.48. The van der Waals surface area contributed by atoms with E-state index < -0.39 is 18.1 Å². The maximum Gasteiger partial charge on any atom is 0.321 e. The summed E-state index contributed by atoms with van der Waals surface area (Å²) in [5, 5.41) is 10.9. The van der Waals surface area contributed by atoms with Crippen LogP contribution < -0.4 is 16.8 Å². The lowest BCUT2D eigenvalue weighted by molar-refractivity contribution is -0.137. The molecule has 0 aromatic rings. The number of aliphatic carboxylic acids is 1. The Balaban J connectivity index is 3.54. The van der Waals surface area contributed by atoms with E-state index in [1.165, 1.54) is 28.6 Å². The summed E-state index contributed by atoms with van der Waals surface area (Å²) in [6.07, 6.45) is 0. The molecule has 0 bridgehead atoms. The monoisotopic (exact) mass is 253 g/mol. The van der Waals surface area contributed by atoms with Crippen LogP contribution in [0.15, 0.2) is 0 Å². The minimum absolute atomic E-state index is 0.231. The average Bonchev–Trinajstić information content (AvgIpc) is 2.22. The zero-order chi connectivity index (χ0) is 11.8. The molecule has 0 aliphatic carbocycles. The Labute approximate surface area is 95.9 Å². The number of nitrogens with two attached hydrogens (primary N) is 2. The average molecular weight is 253 g/mol. The van der Waals surface area contributed by atoms with Gasteiger partial charge in [-0.05, 0) is 0 Å². The fourth-order valence-corrected chi connectivity index (χ4v) is 2.81. The van der Waals surface area contributed by atoms with Gasteiger partial charge in [-0.2, -0.15) is 0 Å². The first-order valence-corrected chi connectivity index (χ1v) is 6.67. The zero-order valence-corrected chi connectivity index (χ0v) is 9.94. The SMILES string of the molecule is CNC(=O)[C@@H](N)CSSC[C@H](N)C(=O)O. The Morgan fingerprint density at radius 2 is 1.73 bits per heavy atom. The Morgan fingerprint density at radius 1 is 1.27 bits per heavy atom. The van der Waals surface area contributed by atoms with Crippen LogP contribution in [0.5, 0.6) is 0 Å². The lowest BCUT2D eigenvalue weighted by atomic mass is 10.3. The van der Waals surface area contributed by atoms with Gasteiger partial charge in [0.1, 0.15) is 6.04 Å². The van der Waals surface area contributed by atoms with Gasteiger partial charge in [0, 0.05) is 18.6 Å². The smallest absolute Gasteiger partial charge is 0.321 e. The normalized spacial score (nSPS) is 14.3. The predicted octanol–water partition coefficient (Wildman–Crippen LogP) is -1.15. The first kappa shape index (κ1) is 14.6. The van der Waals surface area contributed by atoms with Crippen LogP contribution in [0.1, 0.15) is 0 Å². The van der Waals surface area contributed by atoms with E-state index in [2.05, 4.69) is 5.32 Å². The number of carboxylic acid groups (broad SMARTS) is 1. The van der Waals surface area contributed by atoms with Crippen molar-refractivity contribution in [2.45, 2.75) is 12.1 Å². The molecule has 15 heavy (non-hydrogen) atoms. The fraction of sp³-hybridized carbons (Fsp3) is 0.714. The van der Waals surface area contributed by atoms with Crippen LogP contribution >= 0.6 is 21.6 Å². The van der Waals surface area contributed by atoms with Crippen molar-refractivity contribution in [1.29, 1.82) is 0 Å². The van der Waals surface area contributed by atoms with E-state index in [4.69, 9.17) is 16.6 Å². The van der Waals surface area contributed by atoms with Gasteiger partial charge in [0.15, 0.2) is 0 Å². The second-order valence-corrected chi connectivity index (χ2v) is 5.29. The van der Waals surface area contributed by atoms with Gasteiger partial charge in [0.25, 0.3) is 0 Å². The molecule has 1 amide bonds. The number of rotatable bonds is 7. The molecule has 0 heterocycles. The first-order chi connectivity index (χ1) is 6.99. The summed E-state index contributed by atoms with van der Waals surface area (Å²) < 4.78 is 0. The summed E-state index contributed by atoms with van der Waals surface area (Å²) in [6.45, 7) is 0. The lowest BCUT2D eigenvalue weighted by Gasteiger charge is -2.09. The Hall–Kier alpha value is -0.440. The number of hydrogen-bond donors (Lipinski definition) is 4. The van der Waals surface area contributed by atoms with Gasteiger partial charge in [-0.15, -0.1) is 0 Å². The van der Waals surface area contributed by atoms with Crippen molar-refractivity contribution in [2.24, 2.45) is 11.5 Å². The Morgan fingerprint density at radius 3 is 2.13 bits per heavy atom. The highest BCUT2D eigenvalue weighted by atomic mass is 33.1. The fourth-order valence-electron chi connectivity index (χ4n) is 0.575. The maximum absolute atomic E-state index is 11.0. The minimum Gasteiger partial charge on any atom is -0.480 e. The summed E-state index contributed by atoms with van der Waals surface area (Å²) in [6, 6.07) is -1.45. The van der Waals surface area contributed by atoms with Crippen LogP contribution in [0.2, 0.25) is 0 Å². The van der Waals surface area contributed by atoms with Crippen molar-refractivity contribution in [3.8, 4) is 0 Å². The third-order valence-corrected chi connectivity index (χ3v) is 3.95. The van der Waals surface area contributed by atoms with E-state index in [0.717, 1.165) is 0 Å². The molecule has 0 aliphatic heterocycles. The van der Waals surface area contributed by atoms with Crippen LogP contribution in [0.3, 0.4) is 0 Å². The molecule has 0 radical (unpaired) electrons. The highest BCUT2D eigenvalue weighted by Gasteiger charge is 2.14. The van der Waals surface area contributed by atoms with E-state index in [-0.39, 0.29) is 5.91 Å². The standard InChI is InChI=1S/C7H15N3O3S2/c1-10-6(11)4(8)2-14-15-3-5(9)7(12)13/h4-5H,2-3,8-9H2,1H3,(H,10,11)(H,12,13)/t4-,5-/m0/s1. The van der Waals surface area contributed by atoms with Crippen molar-refractivity contribution >= 4 is 33.5 Å². The molecule has 6 nitrogen and oxygen atoms in total. The van der Waals surface area contributed by atoms with E-state index in [1.54, 1.807) is 0 Å². The summed E-state index contributed by atoms with van der Waals surface area (Å²) in [7, 11) is 4.15. The molecule has 0 spiro atoms. The van der Waals surface area contributed by atoms with Gasteiger partial charge in [-0.3, -0.25) is 9.59 Å². The number of carbonyl (C=O) groups is 2. The Bertz CT molecular complexity index is 228. The third kappa shape index (κ3) is 6.61.